The molecular weight excluding hydrogens is 321 g/mol. The van der Waals surface area contributed by atoms with E-state index in [9.17, 15) is 12.8 Å². The number of sulfonamides is 1. The Kier molecular flexibility index (Phi) is 5.10. The summed E-state index contributed by atoms with van der Waals surface area (Å²) in [5.41, 5.74) is 0.271. The van der Waals surface area contributed by atoms with Gasteiger partial charge in [-0.2, -0.15) is 0 Å². The second kappa shape index (κ2) is 6.87. The van der Waals surface area contributed by atoms with Crippen LogP contribution in [-0.4, -0.2) is 21.6 Å². The number of hydrogen-bond donors (Lipinski definition) is 1. The second-order valence-corrected chi connectivity index (χ2v) is 6.71. The van der Waals surface area contributed by atoms with E-state index in [0.717, 1.165) is 12.1 Å². The standard InChI is InChI=1S/C16H18FNO4S/c1-11(2)22-14-7-5-4-6-13(14)18-23(19,20)16-10-12(17)8-9-15(16)21-3/h4-11,18H,1-3H3. The Morgan fingerprint density at radius 1 is 1.09 bits per heavy atom. The molecule has 0 saturated carbocycles. The number of benzene rings is 2. The highest BCUT2D eigenvalue weighted by molar-refractivity contribution is 7.92. The first-order valence-corrected chi connectivity index (χ1v) is 8.44. The lowest BCUT2D eigenvalue weighted by molar-refractivity contribution is 0.244. The molecule has 5 nitrogen and oxygen atoms in total. The van der Waals surface area contributed by atoms with Gasteiger partial charge >= 0.3 is 0 Å². The van der Waals surface area contributed by atoms with Crippen molar-refractivity contribution in [2.24, 2.45) is 0 Å². The molecular formula is C16H18FNO4S. The normalized spacial score (nSPS) is 11.3. The van der Waals surface area contributed by atoms with E-state index in [1.165, 1.54) is 13.2 Å². The fourth-order valence-corrected chi connectivity index (χ4v) is 3.22. The van der Waals surface area contributed by atoms with E-state index in [-0.39, 0.29) is 22.4 Å². The van der Waals surface area contributed by atoms with Crippen LogP contribution in [0.25, 0.3) is 0 Å². The molecule has 2 rings (SSSR count). The van der Waals surface area contributed by atoms with Crippen LogP contribution in [0, 0.1) is 5.82 Å². The van der Waals surface area contributed by atoms with Crippen LogP contribution in [0.3, 0.4) is 0 Å². The van der Waals surface area contributed by atoms with Gasteiger partial charge in [-0.15, -0.1) is 0 Å². The Morgan fingerprint density at radius 2 is 1.78 bits per heavy atom. The number of para-hydroxylation sites is 2. The van der Waals surface area contributed by atoms with Crippen LogP contribution in [-0.2, 0) is 10.0 Å². The Balaban J connectivity index is 2.42. The van der Waals surface area contributed by atoms with Crippen LogP contribution >= 0.6 is 0 Å². The molecule has 0 bridgehead atoms. The average Bonchev–Trinajstić information content (AvgIpc) is 2.48. The van der Waals surface area contributed by atoms with Gasteiger partial charge in [0, 0.05) is 0 Å². The molecule has 0 heterocycles. The maximum atomic E-state index is 13.4. The van der Waals surface area contributed by atoms with Crippen LogP contribution < -0.4 is 14.2 Å². The fourth-order valence-electron chi connectivity index (χ4n) is 1.97. The predicted molar refractivity (Wildman–Crippen MR) is 86.0 cm³/mol. The highest BCUT2D eigenvalue weighted by Gasteiger charge is 2.22. The van der Waals surface area contributed by atoms with Gasteiger partial charge in [-0.3, -0.25) is 4.72 Å². The number of methoxy groups -OCH3 is 1. The summed E-state index contributed by atoms with van der Waals surface area (Å²) in [5.74, 6) is -0.222. The van der Waals surface area contributed by atoms with E-state index in [1.807, 2.05) is 13.8 Å². The summed E-state index contributed by atoms with van der Waals surface area (Å²) in [7, 11) is -2.71. The molecule has 23 heavy (non-hydrogen) atoms. The van der Waals surface area contributed by atoms with Crippen molar-refractivity contribution in [1.29, 1.82) is 0 Å². The van der Waals surface area contributed by atoms with Crippen LogP contribution in [0.5, 0.6) is 11.5 Å². The quantitative estimate of drug-likeness (QED) is 0.876. The van der Waals surface area contributed by atoms with Crippen molar-refractivity contribution >= 4 is 15.7 Å². The van der Waals surface area contributed by atoms with Gasteiger partial charge < -0.3 is 9.47 Å². The van der Waals surface area contributed by atoms with Gasteiger partial charge in [0.1, 0.15) is 22.2 Å². The predicted octanol–water partition coefficient (Wildman–Crippen LogP) is 3.42. The number of halogens is 1. The van der Waals surface area contributed by atoms with E-state index >= 15 is 0 Å². The van der Waals surface area contributed by atoms with Crippen molar-refractivity contribution in [2.45, 2.75) is 24.8 Å². The van der Waals surface area contributed by atoms with Crippen molar-refractivity contribution in [3.8, 4) is 11.5 Å². The summed E-state index contributed by atoms with van der Waals surface area (Å²) >= 11 is 0. The minimum absolute atomic E-state index is 0.0566. The molecule has 1 N–H and O–H groups in total. The molecule has 0 spiro atoms. The molecule has 0 aliphatic rings. The van der Waals surface area contributed by atoms with Gasteiger partial charge in [0.15, 0.2) is 0 Å². The summed E-state index contributed by atoms with van der Waals surface area (Å²) in [6.07, 6.45) is -0.121. The lowest BCUT2D eigenvalue weighted by atomic mass is 10.3. The minimum Gasteiger partial charge on any atom is -0.495 e. The first kappa shape index (κ1) is 17.1. The molecule has 7 heteroatoms. The van der Waals surface area contributed by atoms with Crippen molar-refractivity contribution in [2.75, 3.05) is 11.8 Å². The largest absolute Gasteiger partial charge is 0.495 e. The monoisotopic (exact) mass is 339 g/mol. The van der Waals surface area contributed by atoms with Crippen LogP contribution in [0.4, 0.5) is 10.1 Å². The lowest BCUT2D eigenvalue weighted by Crippen LogP contribution is -2.16. The zero-order chi connectivity index (χ0) is 17.0. The van der Waals surface area contributed by atoms with Gasteiger partial charge in [-0.1, -0.05) is 12.1 Å². The van der Waals surface area contributed by atoms with E-state index in [1.54, 1.807) is 24.3 Å². The van der Waals surface area contributed by atoms with Crippen molar-refractivity contribution in [3.63, 3.8) is 0 Å². The average molecular weight is 339 g/mol. The molecule has 0 saturated heterocycles. The number of hydrogen-bond acceptors (Lipinski definition) is 4. The van der Waals surface area contributed by atoms with Crippen LogP contribution in [0.2, 0.25) is 0 Å². The zero-order valence-electron chi connectivity index (χ0n) is 13.0. The summed E-state index contributed by atoms with van der Waals surface area (Å²) < 4.78 is 51.5. The molecule has 0 aliphatic carbocycles. The van der Waals surface area contributed by atoms with Crippen molar-refractivity contribution in [3.05, 3.63) is 48.3 Å². The zero-order valence-corrected chi connectivity index (χ0v) is 13.9. The first-order valence-electron chi connectivity index (χ1n) is 6.95. The van der Waals surface area contributed by atoms with Gasteiger partial charge in [-0.25, -0.2) is 12.8 Å². The summed E-state index contributed by atoms with van der Waals surface area (Å²) in [6, 6.07) is 9.94. The molecule has 0 fully saturated rings. The van der Waals surface area contributed by atoms with E-state index < -0.39 is 15.8 Å². The van der Waals surface area contributed by atoms with Gasteiger partial charge in [0.2, 0.25) is 0 Å². The summed E-state index contributed by atoms with van der Waals surface area (Å²) in [5, 5.41) is 0. The SMILES string of the molecule is COc1ccc(F)cc1S(=O)(=O)Nc1ccccc1OC(C)C. The van der Waals surface area contributed by atoms with Gasteiger partial charge in [0.05, 0.1) is 18.9 Å². The third-order valence-corrected chi connectivity index (χ3v) is 4.30. The highest BCUT2D eigenvalue weighted by Crippen LogP contribution is 2.30. The van der Waals surface area contributed by atoms with E-state index in [0.29, 0.717) is 5.75 Å². The molecule has 124 valence electrons. The number of nitrogens with one attached hydrogen (secondary N) is 1. The first-order chi connectivity index (χ1) is 10.8. The minimum atomic E-state index is -4.03. The molecule has 2 aromatic rings. The highest BCUT2D eigenvalue weighted by atomic mass is 32.2. The van der Waals surface area contributed by atoms with Crippen LogP contribution in [0.1, 0.15) is 13.8 Å². The second-order valence-electron chi connectivity index (χ2n) is 5.06. The van der Waals surface area contributed by atoms with Crippen molar-refractivity contribution < 1.29 is 22.3 Å². The molecule has 0 radical (unpaired) electrons. The molecule has 0 aliphatic heterocycles. The maximum absolute atomic E-state index is 13.4. The Morgan fingerprint density at radius 3 is 2.43 bits per heavy atom. The number of ether oxygens (including phenoxy) is 2. The molecule has 0 aromatic heterocycles. The van der Waals surface area contributed by atoms with E-state index in [2.05, 4.69) is 4.72 Å². The van der Waals surface area contributed by atoms with Crippen molar-refractivity contribution in [1.82, 2.24) is 0 Å². The molecule has 0 atom stereocenters. The molecule has 2 aromatic carbocycles. The lowest BCUT2D eigenvalue weighted by Gasteiger charge is -2.16. The third-order valence-electron chi connectivity index (χ3n) is 2.91. The van der Waals surface area contributed by atoms with Crippen LogP contribution in [0.15, 0.2) is 47.4 Å². The third kappa shape index (κ3) is 4.13. The topological polar surface area (TPSA) is 64.6 Å². The number of anilines is 1. The Hall–Kier alpha value is -2.28. The fraction of sp³-hybridized carbons (Fsp3) is 0.250. The summed E-state index contributed by atoms with van der Waals surface area (Å²) in [4.78, 5) is -0.278. The smallest absolute Gasteiger partial charge is 0.265 e. The maximum Gasteiger partial charge on any atom is 0.265 e. The van der Waals surface area contributed by atoms with Gasteiger partial charge in [0.25, 0.3) is 10.0 Å². The van der Waals surface area contributed by atoms with E-state index in [4.69, 9.17) is 9.47 Å². The Bertz CT molecular complexity index is 790. The Labute approximate surface area is 135 Å². The summed E-state index contributed by atoms with van der Waals surface area (Å²) in [6.45, 7) is 3.67. The number of rotatable bonds is 6. The molecule has 0 amide bonds. The van der Waals surface area contributed by atoms with Gasteiger partial charge in [-0.05, 0) is 44.2 Å². The molecule has 0 unspecified atom stereocenters.